The fraction of sp³-hybridized carbons (Fsp3) is 0.947. The number of alkyl halides is 2. The van der Waals surface area contributed by atoms with E-state index in [1.54, 1.807) is 0 Å². The third-order valence-electron chi connectivity index (χ3n) is 7.12. The van der Waals surface area contributed by atoms with Crippen LogP contribution in [-0.4, -0.2) is 42.4 Å². The Balaban J connectivity index is 1.33. The molecule has 2 atom stereocenters. The standard InChI is InChI=1S/C19H30F2N2O/c20-19(21)10-15(11-19)22-17(24)16-6-3-7-18(16)8-9-23(13-18)12-14-4-1-2-5-14/h14-16H,1-13H2,(H,22,24)/t16-,18-/m1/s1. The first-order valence-electron chi connectivity index (χ1n) is 9.86. The molecule has 4 rings (SSSR count). The highest BCUT2D eigenvalue weighted by atomic mass is 19.3. The van der Waals surface area contributed by atoms with Gasteiger partial charge in [-0.3, -0.25) is 4.79 Å². The van der Waals surface area contributed by atoms with Gasteiger partial charge in [-0.2, -0.15) is 0 Å². The van der Waals surface area contributed by atoms with E-state index in [-0.39, 0.29) is 36.1 Å². The van der Waals surface area contributed by atoms with Gasteiger partial charge in [0.25, 0.3) is 5.92 Å². The van der Waals surface area contributed by atoms with Gasteiger partial charge in [0.1, 0.15) is 0 Å². The molecule has 5 heteroatoms. The van der Waals surface area contributed by atoms with E-state index in [0.717, 1.165) is 44.7 Å². The van der Waals surface area contributed by atoms with Gasteiger partial charge >= 0.3 is 0 Å². The SMILES string of the molecule is O=C(NC1CC(F)(F)C1)[C@H]1CCC[C@]12CCN(CC1CCCC1)C2. The van der Waals surface area contributed by atoms with Gasteiger partial charge in [0.2, 0.25) is 5.91 Å². The number of likely N-dealkylation sites (tertiary alicyclic amines) is 1. The maximum absolute atomic E-state index is 13.0. The average Bonchev–Trinajstić information content (AvgIpc) is 3.20. The predicted octanol–water partition coefficient (Wildman–Crippen LogP) is 3.58. The van der Waals surface area contributed by atoms with Crippen molar-refractivity contribution in [3.8, 4) is 0 Å². The summed E-state index contributed by atoms with van der Waals surface area (Å²) in [6.07, 6.45) is 9.42. The fourth-order valence-electron chi connectivity index (χ4n) is 5.80. The largest absolute Gasteiger partial charge is 0.353 e. The Labute approximate surface area is 143 Å². The van der Waals surface area contributed by atoms with Crippen molar-refractivity contribution in [2.45, 2.75) is 76.2 Å². The Kier molecular flexibility index (Phi) is 4.34. The molecule has 136 valence electrons. The normalized spacial score (nSPS) is 37.2. The van der Waals surface area contributed by atoms with Crippen molar-refractivity contribution in [3.05, 3.63) is 0 Å². The first-order chi connectivity index (χ1) is 11.5. The van der Waals surface area contributed by atoms with Crippen LogP contribution in [-0.2, 0) is 4.79 Å². The van der Waals surface area contributed by atoms with Crippen molar-refractivity contribution >= 4 is 5.91 Å². The molecule has 0 radical (unpaired) electrons. The second kappa shape index (κ2) is 6.22. The molecule has 0 aromatic rings. The zero-order valence-corrected chi connectivity index (χ0v) is 14.5. The van der Waals surface area contributed by atoms with Crippen molar-refractivity contribution in [1.82, 2.24) is 10.2 Å². The topological polar surface area (TPSA) is 32.3 Å². The third kappa shape index (κ3) is 3.21. The van der Waals surface area contributed by atoms with E-state index in [1.165, 1.54) is 32.2 Å². The van der Waals surface area contributed by atoms with Gasteiger partial charge in [0.15, 0.2) is 0 Å². The summed E-state index contributed by atoms with van der Waals surface area (Å²) in [5.41, 5.74) is 0.120. The molecule has 4 aliphatic rings. The monoisotopic (exact) mass is 340 g/mol. The number of rotatable bonds is 4. The van der Waals surface area contributed by atoms with Crippen LogP contribution in [0.1, 0.15) is 64.2 Å². The van der Waals surface area contributed by atoms with E-state index < -0.39 is 5.92 Å². The lowest BCUT2D eigenvalue weighted by atomic mass is 9.76. The predicted molar refractivity (Wildman–Crippen MR) is 88.9 cm³/mol. The second-order valence-corrected chi connectivity index (χ2v) is 8.91. The van der Waals surface area contributed by atoms with Gasteiger partial charge in [-0.25, -0.2) is 8.78 Å². The van der Waals surface area contributed by atoms with Gasteiger partial charge in [0, 0.05) is 37.9 Å². The van der Waals surface area contributed by atoms with Crippen molar-refractivity contribution in [3.63, 3.8) is 0 Å². The summed E-state index contributed by atoms with van der Waals surface area (Å²) in [5.74, 6) is -1.61. The molecule has 1 aliphatic heterocycles. The summed E-state index contributed by atoms with van der Waals surface area (Å²) >= 11 is 0. The number of carbonyl (C=O) groups is 1. The van der Waals surface area contributed by atoms with Crippen molar-refractivity contribution in [1.29, 1.82) is 0 Å². The van der Waals surface area contributed by atoms with E-state index in [0.29, 0.717) is 0 Å². The van der Waals surface area contributed by atoms with E-state index in [1.807, 2.05) is 0 Å². The second-order valence-electron chi connectivity index (χ2n) is 8.91. The Morgan fingerprint density at radius 1 is 1.08 bits per heavy atom. The zero-order chi connectivity index (χ0) is 16.8. The molecule has 1 amide bonds. The van der Waals surface area contributed by atoms with Crippen molar-refractivity contribution in [2.75, 3.05) is 19.6 Å². The van der Waals surface area contributed by atoms with Crippen LogP contribution >= 0.6 is 0 Å². The smallest absolute Gasteiger partial charge is 0.252 e. The minimum Gasteiger partial charge on any atom is -0.353 e. The molecule has 3 aliphatic carbocycles. The molecule has 0 bridgehead atoms. The van der Waals surface area contributed by atoms with E-state index in [4.69, 9.17) is 0 Å². The van der Waals surface area contributed by atoms with Crippen LogP contribution < -0.4 is 5.32 Å². The Morgan fingerprint density at radius 3 is 2.54 bits per heavy atom. The van der Waals surface area contributed by atoms with Crippen LogP contribution in [0.2, 0.25) is 0 Å². The average molecular weight is 340 g/mol. The first-order valence-corrected chi connectivity index (χ1v) is 9.86. The van der Waals surface area contributed by atoms with Gasteiger partial charge in [0.05, 0.1) is 0 Å². The summed E-state index contributed by atoms with van der Waals surface area (Å²) < 4.78 is 26.0. The van der Waals surface area contributed by atoms with Crippen LogP contribution in [0.25, 0.3) is 0 Å². The first kappa shape index (κ1) is 16.7. The van der Waals surface area contributed by atoms with Crippen LogP contribution in [0.15, 0.2) is 0 Å². The molecule has 24 heavy (non-hydrogen) atoms. The van der Waals surface area contributed by atoms with Gasteiger partial charge < -0.3 is 10.2 Å². The minimum atomic E-state index is -2.56. The number of amides is 1. The molecule has 3 saturated carbocycles. The molecular weight excluding hydrogens is 310 g/mol. The summed E-state index contributed by atoms with van der Waals surface area (Å²) in [6.45, 7) is 3.36. The molecule has 1 saturated heterocycles. The molecule has 4 fully saturated rings. The van der Waals surface area contributed by atoms with Gasteiger partial charge in [-0.15, -0.1) is 0 Å². The molecule has 1 spiro atoms. The van der Waals surface area contributed by atoms with E-state index in [2.05, 4.69) is 10.2 Å². The summed E-state index contributed by atoms with van der Waals surface area (Å²) in [6, 6.07) is -0.304. The van der Waals surface area contributed by atoms with E-state index in [9.17, 15) is 13.6 Å². The van der Waals surface area contributed by atoms with E-state index >= 15 is 0 Å². The Hall–Kier alpha value is -0.710. The maximum atomic E-state index is 13.0. The molecule has 1 heterocycles. The Morgan fingerprint density at radius 2 is 1.83 bits per heavy atom. The third-order valence-corrected chi connectivity index (χ3v) is 7.12. The van der Waals surface area contributed by atoms with Crippen LogP contribution in [0.3, 0.4) is 0 Å². The number of halogens is 2. The highest BCUT2D eigenvalue weighted by Gasteiger charge is 2.52. The van der Waals surface area contributed by atoms with Gasteiger partial charge in [-0.05, 0) is 50.0 Å². The molecule has 0 unspecified atom stereocenters. The van der Waals surface area contributed by atoms with Crippen molar-refractivity contribution in [2.24, 2.45) is 17.3 Å². The zero-order valence-electron chi connectivity index (χ0n) is 14.5. The van der Waals surface area contributed by atoms with Crippen LogP contribution in [0.5, 0.6) is 0 Å². The number of hydrogen-bond acceptors (Lipinski definition) is 2. The summed E-state index contributed by atoms with van der Waals surface area (Å²) in [4.78, 5) is 15.3. The fourth-order valence-corrected chi connectivity index (χ4v) is 5.80. The lowest BCUT2D eigenvalue weighted by Gasteiger charge is -2.38. The highest BCUT2D eigenvalue weighted by molar-refractivity contribution is 5.80. The molecule has 0 aromatic heterocycles. The quantitative estimate of drug-likeness (QED) is 0.848. The number of carbonyl (C=O) groups excluding carboxylic acids is 1. The molecule has 1 N–H and O–H groups in total. The maximum Gasteiger partial charge on any atom is 0.252 e. The summed E-state index contributed by atoms with van der Waals surface area (Å²) in [7, 11) is 0. The lowest BCUT2D eigenvalue weighted by molar-refractivity contribution is -0.135. The number of nitrogens with one attached hydrogen (secondary N) is 1. The Bertz CT molecular complexity index is 484. The number of hydrogen-bond donors (Lipinski definition) is 1. The molecular formula is C19H30F2N2O. The molecule has 0 aromatic carbocycles. The van der Waals surface area contributed by atoms with Crippen molar-refractivity contribution < 1.29 is 13.6 Å². The lowest BCUT2D eigenvalue weighted by Crippen LogP contribution is -2.53. The highest BCUT2D eigenvalue weighted by Crippen LogP contribution is 2.50. The molecule has 3 nitrogen and oxygen atoms in total. The van der Waals surface area contributed by atoms with Crippen LogP contribution in [0.4, 0.5) is 8.78 Å². The minimum absolute atomic E-state index is 0.0419. The van der Waals surface area contributed by atoms with Crippen LogP contribution in [0, 0.1) is 17.3 Å². The number of nitrogens with zero attached hydrogens (tertiary/aromatic N) is 1. The summed E-state index contributed by atoms with van der Waals surface area (Å²) in [5, 5.41) is 2.92. The van der Waals surface area contributed by atoms with Gasteiger partial charge in [-0.1, -0.05) is 19.3 Å².